The molecule has 1 aromatic heterocycles. The first-order valence-corrected chi connectivity index (χ1v) is 7.12. The van der Waals surface area contributed by atoms with Gasteiger partial charge < -0.3 is 10.1 Å². The highest BCUT2D eigenvalue weighted by Gasteiger charge is 2.41. The molecule has 0 unspecified atom stereocenters. The Morgan fingerprint density at radius 1 is 1.75 bits per heavy atom. The number of hydrogen-bond donors (Lipinski definition) is 1. The molecule has 1 heterocycles. The van der Waals surface area contributed by atoms with Crippen LogP contribution in [0.4, 0.5) is 5.13 Å². The van der Waals surface area contributed by atoms with E-state index >= 15 is 0 Å². The Morgan fingerprint density at radius 3 is 3.06 bits per heavy atom. The van der Waals surface area contributed by atoms with Gasteiger partial charge in [0.15, 0.2) is 10.8 Å². The Hall–Kier alpha value is -0.750. The number of aromatic nitrogens is 1. The Kier molecular flexibility index (Phi) is 3.39. The van der Waals surface area contributed by atoms with Gasteiger partial charge in [0.1, 0.15) is 0 Å². The van der Waals surface area contributed by atoms with Gasteiger partial charge in [-0.3, -0.25) is 0 Å². The van der Waals surface area contributed by atoms with Gasteiger partial charge in [-0.2, -0.15) is 11.8 Å². The van der Waals surface area contributed by atoms with E-state index in [0.717, 1.165) is 11.7 Å². The number of thiazole rings is 1. The summed E-state index contributed by atoms with van der Waals surface area (Å²) in [5.41, 5.74) is 0.379. The van der Waals surface area contributed by atoms with E-state index in [1.807, 2.05) is 11.8 Å². The molecular formula is C10H14N2O2S2. The second-order valence-corrected chi connectivity index (χ2v) is 5.90. The molecule has 1 fully saturated rings. The number of carbonyl (C=O) groups excluding carboxylic acids is 1. The maximum absolute atomic E-state index is 11.2. The van der Waals surface area contributed by atoms with Crippen LogP contribution in [0.5, 0.6) is 0 Å². The fourth-order valence-electron chi connectivity index (χ4n) is 1.38. The predicted octanol–water partition coefficient (Wildman–Crippen LogP) is 2.24. The van der Waals surface area contributed by atoms with Gasteiger partial charge in [-0.15, -0.1) is 11.3 Å². The van der Waals surface area contributed by atoms with Crippen molar-refractivity contribution < 1.29 is 9.53 Å². The highest BCUT2D eigenvalue weighted by Crippen LogP contribution is 2.47. The lowest BCUT2D eigenvalue weighted by atomic mass is 10.4. The average molecular weight is 258 g/mol. The third kappa shape index (κ3) is 2.49. The fourth-order valence-corrected chi connectivity index (χ4v) is 2.79. The number of thioether (sulfide) groups is 1. The van der Waals surface area contributed by atoms with Crippen molar-refractivity contribution in [2.24, 2.45) is 0 Å². The summed E-state index contributed by atoms with van der Waals surface area (Å²) >= 11 is 3.34. The molecule has 0 bridgehead atoms. The molecule has 0 atom stereocenters. The molecule has 1 aliphatic carbocycles. The van der Waals surface area contributed by atoms with Gasteiger partial charge in [-0.1, -0.05) is 0 Å². The van der Waals surface area contributed by atoms with Crippen molar-refractivity contribution in [2.75, 3.05) is 25.2 Å². The smallest absolute Gasteiger partial charge is 0.357 e. The van der Waals surface area contributed by atoms with Gasteiger partial charge in [0.2, 0.25) is 0 Å². The third-order valence-electron chi connectivity index (χ3n) is 2.70. The van der Waals surface area contributed by atoms with E-state index in [-0.39, 0.29) is 5.97 Å². The molecule has 16 heavy (non-hydrogen) atoms. The Morgan fingerprint density at radius 2 is 2.50 bits per heavy atom. The van der Waals surface area contributed by atoms with Crippen molar-refractivity contribution in [1.82, 2.24) is 4.98 Å². The Balaban J connectivity index is 1.90. The summed E-state index contributed by atoms with van der Waals surface area (Å²) in [4.78, 5) is 15.4. The Labute approximate surface area is 103 Å². The molecule has 0 aliphatic heterocycles. The topological polar surface area (TPSA) is 51.2 Å². The normalized spacial score (nSPS) is 16.9. The number of rotatable bonds is 5. The van der Waals surface area contributed by atoms with Crippen LogP contribution >= 0.6 is 23.1 Å². The van der Waals surface area contributed by atoms with E-state index in [1.165, 1.54) is 31.3 Å². The number of carbonyl (C=O) groups is 1. The first-order chi connectivity index (χ1) is 7.69. The van der Waals surface area contributed by atoms with Crippen LogP contribution in [0, 0.1) is 0 Å². The van der Waals surface area contributed by atoms with Crippen LogP contribution in [-0.4, -0.2) is 35.6 Å². The second-order valence-electron chi connectivity index (χ2n) is 3.77. The number of nitrogens with one attached hydrogen (secondary N) is 1. The molecule has 2 rings (SSSR count). The van der Waals surface area contributed by atoms with Crippen molar-refractivity contribution in [3.63, 3.8) is 0 Å². The fraction of sp³-hybridized carbons (Fsp3) is 0.600. The first kappa shape index (κ1) is 11.7. The molecule has 0 amide bonds. The van der Waals surface area contributed by atoms with E-state index in [1.54, 1.807) is 5.38 Å². The molecule has 1 aromatic rings. The first-order valence-electron chi connectivity index (χ1n) is 5.02. The monoisotopic (exact) mass is 258 g/mol. The van der Waals surface area contributed by atoms with E-state index in [2.05, 4.69) is 21.3 Å². The molecule has 1 saturated carbocycles. The van der Waals surface area contributed by atoms with Gasteiger partial charge in [0.05, 0.1) is 7.11 Å². The highest BCUT2D eigenvalue weighted by molar-refractivity contribution is 8.00. The zero-order valence-electron chi connectivity index (χ0n) is 9.28. The van der Waals surface area contributed by atoms with Crippen molar-refractivity contribution in [3.05, 3.63) is 11.1 Å². The molecule has 0 saturated heterocycles. The second kappa shape index (κ2) is 4.63. The van der Waals surface area contributed by atoms with E-state index < -0.39 is 0 Å². The molecule has 0 aromatic carbocycles. The van der Waals surface area contributed by atoms with Gasteiger partial charge in [0.25, 0.3) is 0 Å². The quantitative estimate of drug-likeness (QED) is 0.821. The molecule has 4 nitrogen and oxygen atoms in total. The Bertz CT molecular complexity index is 388. The van der Waals surface area contributed by atoms with Crippen molar-refractivity contribution in [3.8, 4) is 0 Å². The molecule has 88 valence electrons. The van der Waals surface area contributed by atoms with Crippen LogP contribution in [0.2, 0.25) is 0 Å². The summed E-state index contributed by atoms with van der Waals surface area (Å²) in [6.07, 6.45) is 4.66. The molecule has 0 spiro atoms. The van der Waals surface area contributed by atoms with Crippen LogP contribution < -0.4 is 5.32 Å². The largest absolute Gasteiger partial charge is 0.464 e. The van der Waals surface area contributed by atoms with Crippen LogP contribution in [0.1, 0.15) is 23.3 Å². The number of ether oxygens (including phenoxy) is 1. The lowest BCUT2D eigenvalue weighted by molar-refractivity contribution is 0.0595. The third-order valence-corrected chi connectivity index (χ3v) is 4.92. The predicted molar refractivity (Wildman–Crippen MR) is 67.4 cm³/mol. The van der Waals surface area contributed by atoms with Gasteiger partial charge in [-0.05, 0) is 19.1 Å². The number of anilines is 1. The number of esters is 1. The zero-order chi connectivity index (χ0) is 11.6. The summed E-state index contributed by atoms with van der Waals surface area (Å²) in [6, 6.07) is 0. The number of nitrogens with zero attached hydrogens (tertiary/aromatic N) is 1. The standard InChI is InChI=1S/C10H14N2O2S2/c1-14-8(13)7-5-16-9(12-7)11-6-10(15-2)3-4-10/h5H,3-4,6H2,1-2H3,(H,11,12). The zero-order valence-corrected chi connectivity index (χ0v) is 10.9. The molecule has 1 N–H and O–H groups in total. The van der Waals surface area contributed by atoms with Crippen LogP contribution in [0.25, 0.3) is 0 Å². The summed E-state index contributed by atoms with van der Waals surface area (Å²) in [7, 11) is 1.36. The van der Waals surface area contributed by atoms with Gasteiger partial charge in [0, 0.05) is 16.7 Å². The summed E-state index contributed by atoms with van der Waals surface area (Å²) < 4.78 is 5.00. The minimum Gasteiger partial charge on any atom is -0.464 e. The van der Waals surface area contributed by atoms with Crippen molar-refractivity contribution >= 4 is 34.2 Å². The van der Waals surface area contributed by atoms with Crippen molar-refractivity contribution in [2.45, 2.75) is 17.6 Å². The number of hydrogen-bond acceptors (Lipinski definition) is 6. The van der Waals surface area contributed by atoms with E-state index in [9.17, 15) is 4.79 Å². The summed E-state index contributed by atoms with van der Waals surface area (Å²) in [6.45, 7) is 0.919. The van der Waals surface area contributed by atoms with E-state index in [4.69, 9.17) is 0 Å². The van der Waals surface area contributed by atoms with Crippen LogP contribution in [-0.2, 0) is 4.74 Å². The average Bonchev–Trinajstić information content (AvgIpc) is 2.95. The number of methoxy groups -OCH3 is 1. The highest BCUT2D eigenvalue weighted by atomic mass is 32.2. The van der Waals surface area contributed by atoms with E-state index in [0.29, 0.717) is 10.4 Å². The van der Waals surface area contributed by atoms with Crippen LogP contribution in [0.15, 0.2) is 5.38 Å². The summed E-state index contributed by atoms with van der Waals surface area (Å²) in [5, 5.41) is 5.78. The molecular weight excluding hydrogens is 244 g/mol. The minimum absolute atomic E-state index is 0.379. The molecule has 6 heteroatoms. The SMILES string of the molecule is COC(=O)c1csc(NCC2(SC)CC2)n1. The van der Waals surface area contributed by atoms with Gasteiger partial charge in [-0.25, -0.2) is 9.78 Å². The van der Waals surface area contributed by atoms with Crippen molar-refractivity contribution in [1.29, 1.82) is 0 Å². The lowest BCUT2D eigenvalue weighted by Crippen LogP contribution is -2.17. The van der Waals surface area contributed by atoms with Crippen LogP contribution in [0.3, 0.4) is 0 Å². The molecule has 1 aliphatic rings. The summed E-state index contributed by atoms with van der Waals surface area (Å²) in [5.74, 6) is -0.379. The molecule has 0 radical (unpaired) electrons. The van der Waals surface area contributed by atoms with Gasteiger partial charge >= 0.3 is 5.97 Å². The maximum atomic E-state index is 11.2. The minimum atomic E-state index is -0.379. The lowest BCUT2D eigenvalue weighted by Gasteiger charge is -2.11. The maximum Gasteiger partial charge on any atom is 0.357 e.